The van der Waals surface area contributed by atoms with Crippen LogP contribution in [0.25, 0.3) is 0 Å². The highest BCUT2D eigenvalue weighted by Gasteiger charge is 2.24. The SMILES string of the molecule is CCCCCC(C)(C#N)Nc1nc(Cl)nc(NCC)n1. The Hall–Kier alpha value is -1.61. The molecule has 0 spiro atoms. The molecule has 6 nitrogen and oxygen atoms in total. The topological polar surface area (TPSA) is 86.5 Å². The second-order valence-corrected chi connectivity index (χ2v) is 5.15. The number of nitriles is 1. The maximum Gasteiger partial charge on any atom is 0.230 e. The number of hydrogen-bond donors (Lipinski definition) is 2. The molecule has 0 radical (unpaired) electrons. The zero-order valence-electron chi connectivity index (χ0n) is 12.2. The molecule has 0 fully saturated rings. The summed E-state index contributed by atoms with van der Waals surface area (Å²) < 4.78 is 0. The summed E-state index contributed by atoms with van der Waals surface area (Å²) in [6.45, 7) is 6.60. The molecule has 2 N–H and O–H groups in total. The second kappa shape index (κ2) is 7.85. The van der Waals surface area contributed by atoms with Gasteiger partial charge in [-0.05, 0) is 31.9 Å². The van der Waals surface area contributed by atoms with E-state index in [0.717, 1.165) is 25.7 Å². The molecule has 110 valence electrons. The zero-order valence-corrected chi connectivity index (χ0v) is 13.0. The fourth-order valence-electron chi connectivity index (χ4n) is 1.76. The standard InChI is InChI=1S/C13H21ClN6/c1-4-6-7-8-13(3,9-15)20-12-18-10(14)17-11(19-12)16-5-2/h4-8H2,1-3H3,(H2,16,17,18,19,20). The van der Waals surface area contributed by atoms with Crippen LogP contribution < -0.4 is 10.6 Å². The quantitative estimate of drug-likeness (QED) is 0.716. The van der Waals surface area contributed by atoms with Crippen LogP contribution in [0.4, 0.5) is 11.9 Å². The first-order chi connectivity index (χ1) is 9.53. The van der Waals surface area contributed by atoms with Crippen molar-refractivity contribution < 1.29 is 0 Å². The monoisotopic (exact) mass is 296 g/mol. The highest BCUT2D eigenvalue weighted by atomic mass is 35.5. The first-order valence-corrected chi connectivity index (χ1v) is 7.25. The van der Waals surface area contributed by atoms with Gasteiger partial charge < -0.3 is 10.6 Å². The predicted octanol–water partition coefficient (Wildman–Crippen LogP) is 3.23. The van der Waals surface area contributed by atoms with Crippen LogP contribution in [0.2, 0.25) is 5.28 Å². The predicted molar refractivity (Wildman–Crippen MR) is 80.8 cm³/mol. The highest BCUT2D eigenvalue weighted by Crippen LogP contribution is 2.20. The van der Waals surface area contributed by atoms with Crippen LogP contribution in [-0.2, 0) is 0 Å². The average Bonchev–Trinajstić information content (AvgIpc) is 2.38. The molecule has 1 atom stereocenters. The Morgan fingerprint density at radius 1 is 1.20 bits per heavy atom. The number of hydrogen-bond acceptors (Lipinski definition) is 6. The van der Waals surface area contributed by atoms with Crippen LogP contribution >= 0.6 is 11.6 Å². The normalized spacial score (nSPS) is 13.3. The Kier molecular flexibility index (Phi) is 6.46. The van der Waals surface area contributed by atoms with Crippen molar-refractivity contribution in [2.75, 3.05) is 17.2 Å². The van der Waals surface area contributed by atoms with Gasteiger partial charge in [-0.25, -0.2) is 0 Å². The molecular formula is C13H21ClN6. The molecule has 7 heteroatoms. The van der Waals surface area contributed by atoms with Crippen molar-refractivity contribution in [2.45, 2.75) is 52.0 Å². The van der Waals surface area contributed by atoms with Crippen LogP contribution in [0, 0.1) is 11.3 Å². The van der Waals surface area contributed by atoms with Gasteiger partial charge in [0.25, 0.3) is 0 Å². The summed E-state index contributed by atoms with van der Waals surface area (Å²) in [5, 5.41) is 15.5. The summed E-state index contributed by atoms with van der Waals surface area (Å²) >= 11 is 5.86. The molecule has 1 aromatic heterocycles. The lowest BCUT2D eigenvalue weighted by Crippen LogP contribution is -2.34. The first kappa shape index (κ1) is 16.4. The third-order valence-electron chi connectivity index (χ3n) is 2.86. The van der Waals surface area contributed by atoms with Crippen molar-refractivity contribution in [1.82, 2.24) is 15.0 Å². The molecule has 1 heterocycles. The molecule has 20 heavy (non-hydrogen) atoms. The van der Waals surface area contributed by atoms with E-state index < -0.39 is 5.54 Å². The zero-order chi connectivity index (χ0) is 15.0. The Morgan fingerprint density at radius 3 is 2.50 bits per heavy atom. The maximum atomic E-state index is 9.36. The van der Waals surface area contributed by atoms with Gasteiger partial charge >= 0.3 is 0 Å². The van der Waals surface area contributed by atoms with E-state index in [1.54, 1.807) is 0 Å². The molecule has 0 saturated heterocycles. The Morgan fingerprint density at radius 2 is 1.90 bits per heavy atom. The van der Waals surface area contributed by atoms with Crippen LogP contribution in [0.15, 0.2) is 0 Å². The number of rotatable bonds is 8. The van der Waals surface area contributed by atoms with Crippen LogP contribution in [-0.4, -0.2) is 27.0 Å². The number of halogens is 1. The molecule has 0 aliphatic heterocycles. The number of unbranched alkanes of at least 4 members (excludes halogenated alkanes) is 2. The largest absolute Gasteiger partial charge is 0.354 e. The number of anilines is 2. The first-order valence-electron chi connectivity index (χ1n) is 6.88. The minimum Gasteiger partial charge on any atom is -0.354 e. The van der Waals surface area contributed by atoms with Gasteiger partial charge in [-0.1, -0.05) is 26.2 Å². The number of nitrogens with zero attached hydrogens (tertiary/aromatic N) is 4. The molecular weight excluding hydrogens is 276 g/mol. The molecule has 0 aromatic carbocycles. The van der Waals surface area contributed by atoms with Gasteiger partial charge in [-0.2, -0.15) is 20.2 Å². The van der Waals surface area contributed by atoms with E-state index >= 15 is 0 Å². The molecule has 0 bridgehead atoms. The van der Waals surface area contributed by atoms with Crippen molar-refractivity contribution in [1.29, 1.82) is 5.26 Å². The molecule has 0 saturated carbocycles. The lowest BCUT2D eigenvalue weighted by Gasteiger charge is -2.23. The molecule has 0 aliphatic rings. The Bertz CT molecular complexity index is 472. The van der Waals surface area contributed by atoms with Gasteiger partial charge in [-0.3, -0.25) is 0 Å². The lowest BCUT2D eigenvalue weighted by atomic mass is 9.96. The summed E-state index contributed by atoms with van der Waals surface area (Å²) in [5.74, 6) is 0.727. The van der Waals surface area contributed by atoms with Gasteiger partial charge in [0, 0.05) is 6.54 Å². The van der Waals surface area contributed by atoms with Gasteiger partial charge in [0.1, 0.15) is 5.54 Å². The maximum absolute atomic E-state index is 9.36. The number of aromatic nitrogens is 3. The van der Waals surface area contributed by atoms with E-state index in [-0.39, 0.29) is 5.28 Å². The minimum atomic E-state index is -0.705. The third-order valence-corrected chi connectivity index (χ3v) is 3.03. The average molecular weight is 297 g/mol. The van der Waals surface area contributed by atoms with E-state index in [1.807, 2.05) is 13.8 Å². The van der Waals surface area contributed by atoms with Gasteiger partial charge in [-0.15, -0.1) is 0 Å². The highest BCUT2D eigenvalue weighted by molar-refractivity contribution is 6.28. The molecule has 1 aromatic rings. The summed E-state index contributed by atoms with van der Waals surface area (Å²) in [6.07, 6.45) is 3.92. The minimum absolute atomic E-state index is 0.104. The van der Waals surface area contributed by atoms with Crippen molar-refractivity contribution in [3.05, 3.63) is 5.28 Å². The van der Waals surface area contributed by atoms with E-state index in [4.69, 9.17) is 11.6 Å². The van der Waals surface area contributed by atoms with E-state index in [9.17, 15) is 5.26 Å². The van der Waals surface area contributed by atoms with Crippen molar-refractivity contribution >= 4 is 23.5 Å². The Balaban J connectivity index is 2.81. The van der Waals surface area contributed by atoms with Crippen molar-refractivity contribution in [3.8, 4) is 6.07 Å². The summed E-state index contributed by atoms with van der Waals surface area (Å²) in [5.41, 5.74) is -0.705. The summed E-state index contributed by atoms with van der Waals surface area (Å²) in [6, 6.07) is 2.28. The molecule has 1 rings (SSSR count). The fourth-order valence-corrected chi connectivity index (χ4v) is 1.92. The third kappa shape index (κ3) is 5.17. The lowest BCUT2D eigenvalue weighted by molar-refractivity contribution is 0.534. The van der Waals surface area contributed by atoms with E-state index in [2.05, 4.69) is 38.6 Å². The number of nitrogens with one attached hydrogen (secondary N) is 2. The van der Waals surface area contributed by atoms with E-state index in [1.165, 1.54) is 0 Å². The van der Waals surface area contributed by atoms with Gasteiger partial charge in [0.15, 0.2) is 0 Å². The second-order valence-electron chi connectivity index (χ2n) is 4.81. The van der Waals surface area contributed by atoms with Gasteiger partial charge in [0.2, 0.25) is 17.2 Å². The van der Waals surface area contributed by atoms with Crippen LogP contribution in [0.1, 0.15) is 46.5 Å². The fraction of sp³-hybridized carbons (Fsp3) is 0.692. The van der Waals surface area contributed by atoms with E-state index in [0.29, 0.717) is 18.4 Å². The molecule has 0 amide bonds. The smallest absolute Gasteiger partial charge is 0.230 e. The molecule has 0 aliphatic carbocycles. The van der Waals surface area contributed by atoms with Gasteiger partial charge in [0.05, 0.1) is 6.07 Å². The van der Waals surface area contributed by atoms with Crippen molar-refractivity contribution in [2.24, 2.45) is 0 Å². The Labute approximate surface area is 125 Å². The summed E-state index contributed by atoms with van der Waals surface area (Å²) in [4.78, 5) is 12.2. The molecule has 1 unspecified atom stereocenters. The van der Waals surface area contributed by atoms with Crippen LogP contribution in [0.3, 0.4) is 0 Å². The summed E-state index contributed by atoms with van der Waals surface area (Å²) in [7, 11) is 0. The van der Waals surface area contributed by atoms with Crippen molar-refractivity contribution in [3.63, 3.8) is 0 Å². The van der Waals surface area contributed by atoms with Crippen LogP contribution in [0.5, 0.6) is 0 Å².